The van der Waals surface area contributed by atoms with Gasteiger partial charge in [-0.1, -0.05) is 6.07 Å². The van der Waals surface area contributed by atoms with Gasteiger partial charge in [0.15, 0.2) is 0 Å². The first-order valence-electron chi connectivity index (χ1n) is 10.1. The van der Waals surface area contributed by atoms with Gasteiger partial charge >= 0.3 is 12.1 Å². The largest absolute Gasteiger partial charge is 0.479 e. The number of carbonyl (C=O) groups excluding carboxylic acids is 2. The van der Waals surface area contributed by atoms with Gasteiger partial charge in [-0.3, -0.25) is 9.59 Å². The molecule has 178 valence electrons. The molecule has 2 aromatic heterocycles. The number of H-pyrrole nitrogens is 1. The number of benzene rings is 1. The number of carboxylic acid groups (broad SMARTS) is 1. The van der Waals surface area contributed by atoms with Crippen LogP contribution in [0.2, 0.25) is 0 Å². The Morgan fingerprint density at radius 2 is 1.94 bits per heavy atom. The van der Waals surface area contributed by atoms with Crippen LogP contribution in [0.25, 0.3) is 0 Å². The second kappa shape index (κ2) is 8.60. The van der Waals surface area contributed by atoms with Gasteiger partial charge in [-0.25, -0.2) is 9.78 Å². The number of aliphatic carboxylic acids is 1. The summed E-state index contributed by atoms with van der Waals surface area (Å²) in [4.78, 5) is 47.3. The van der Waals surface area contributed by atoms with Crippen molar-refractivity contribution in [1.29, 1.82) is 0 Å². The van der Waals surface area contributed by atoms with Crippen molar-refractivity contribution >= 4 is 29.1 Å². The number of imidazole rings is 1. The van der Waals surface area contributed by atoms with Crippen molar-refractivity contribution in [2.45, 2.75) is 30.6 Å². The summed E-state index contributed by atoms with van der Waals surface area (Å²) in [7, 11) is 0. The molecule has 1 aliphatic rings. The Morgan fingerprint density at radius 1 is 1.24 bits per heavy atom. The molecule has 34 heavy (non-hydrogen) atoms. The first-order valence-corrected chi connectivity index (χ1v) is 11.0. The number of aromatic amines is 1. The van der Waals surface area contributed by atoms with Crippen molar-refractivity contribution in [3.05, 3.63) is 76.0 Å². The zero-order valence-corrected chi connectivity index (χ0v) is 18.3. The van der Waals surface area contributed by atoms with E-state index < -0.39 is 47.0 Å². The van der Waals surface area contributed by atoms with Gasteiger partial charge in [0.05, 0.1) is 29.5 Å². The third-order valence-electron chi connectivity index (χ3n) is 5.98. The number of amides is 2. The Hall–Kier alpha value is -3.67. The number of primary amides is 1. The monoisotopic (exact) mass is 492 g/mol. The summed E-state index contributed by atoms with van der Waals surface area (Å²) in [6.07, 6.45) is -2.28. The number of rotatable bonds is 6. The highest BCUT2D eigenvalue weighted by Crippen LogP contribution is 2.50. The van der Waals surface area contributed by atoms with Gasteiger partial charge in [0.2, 0.25) is 5.91 Å². The van der Waals surface area contributed by atoms with Crippen LogP contribution in [-0.2, 0) is 22.2 Å². The highest BCUT2D eigenvalue weighted by atomic mass is 32.1. The molecule has 4 rings (SSSR count). The lowest BCUT2D eigenvalue weighted by molar-refractivity contribution is -0.149. The molecular weight excluding hydrogens is 473 g/mol. The summed E-state index contributed by atoms with van der Waals surface area (Å²) in [6.45, 7) is 0. The summed E-state index contributed by atoms with van der Waals surface area (Å²) in [6, 6.07) is 5.83. The van der Waals surface area contributed by atoms with Gasteiger partial charge in [-0.15, -0.1) is 11.3 Å². The predicted molar refractivity (Wildman–Crippen MR) is 115 cm³/mol. The smallest absolute Gasteiger partial charge is 0.416 e. The zero-order valence-electron chi connectivity index (χ0n) is 17.5. The minimum absolute atomic E-state index is 0.146. The summed E-state index contributed by atoms with van der Waals surface area (Å²) in [5.41, 5.74) is 2.97. The van der Waals surface area contributed by atoms with E-state index in [0.717, 1.165) is 29.2 Å². The molecule has 0 aliphatic carbocycles. The van der Waals surface area contributed by atoms with E-state index in [2.05, 4.69) is 9.97 Å². The molecular formula is C22H19F3N4O4S. The van der Waals surface area contributed by atoms with E-state index in [4.69, 9.17) is 5.73 Å². The molecule has 8 nitrogen and oxygen atoms in total. The number of nitrogens with zero attached hydrogens (tertiary/aromatic N) is 2. The summed E-state index contributed by atoms with van der Waals surface area (Å²) in [5, 5.41) is 12.1. The van der Waals surface area contributed by atoms with Crippen molar-refractivity contribution < 1.29 is 32.7 Å². The van der Waals surface area contributed by atoms with E-state index in [0.29, 0.717) is 10.6 Å². The average molecular weight is 492 g/mol. The van der Waals surface area contributed by atoms with E-state index in [9.17, 15) is 32.7 Å². The normalized spacial score (nSPS) is 22.6. The SMILES string of the molecule is NC(=O)C1CC(Cc2c[nH]cn2)(C(=O)O)N(C(=O)c2ccc(C(F)(F)F)cc2)C1c1cccs1. The number of halogens is 3. The molecule has 3 heterocycles. The molecule has 3 atom stereocenters. The first-order chi connectivity index (χ1) is 16.0. The number of likely N-dealkylation sites (tertiary alicyclic amines) is 1. The van der Waals surface area contributed by atoms with Crippen LogP contribution < -0.4 is 5.73 Å². The molecule has 1 aromatic carbocycles. The van der Waals surface area contributed by atoms with E-state index in [1.165, 1.54) is 23.9 Å². The van der Waals surface area contributed by atoms with Crippen molar-refractivity contribution in [3.63, 3.8) is 0 Å². The molecule has 1 aliphatic heterocycles. The standard InChI is InChI=1S/C22H19F3N4O4S/c23-22(24,25)13-5-3-12(4-6-13)19(31)29-17(16-2-1-7-34-16)15(18(26)30)9-21(29,20(32)33)8-14-10-27-11-28-14/h1-7,10-11,15,17H,8-9H2,(H2,26,30)(H,27,28)(H,32,33). The minimum Gasteiger partial charge on any atom is -0.479 e. The molecule has 12 heteroatoms. The highest BCUT2D eigenvalue weighted by Gasteiger charge is 2.60. The molecule has 1 saturated heterocycles. The fourth-order valence-corrected chi connectivity index (χ4v) is 5.31. The second-order valence-electron chi connectivity index (χ2n) is 8.00. The van der Waals surface area contributed by atoms with Crippen LogP contribution in [0.15, 0.2) is 54.3 Å². The van der Waals surface area contributed by atoms with Crippen LogP contribution in [0, 0.1) is 5.92 Å². The van der Waals surface area contributed by atoms with Crippen molar-refractivity contribution in [1.82, 2.24) is 14.9 Å². The van der Waals surface area contributed by atoms with Gasteiger partial charge in [0.25, 0.3) is 5.91 Å². The second-order valence-corrected chi connectivity index (χ2v) is 8.98. The molecule has 0 bridgehead atoms. The van der Waals surface area contributed by atoms with Crippen molar-refractivity contribution in [2.24, 2.45) is 11.7 Å². The molecule has 0 radical (unpaired) electrons. The Labute approximate surface area is 195 Å². The van der Waals surface area contributed by atoms with Crippen LogP contribution in [-0.4, -0.2) is 43.3 Å². The Morgan fingerprint density at radius 3 is 2.44 bits per heavy atom. The first kappa shape index (κ1) is 23.5. The Bertz CT molecular complexity index is 1200. The third-order valence-corrected chi connectivity index (χ3v) is 6.93. The number of alkyl halides is 3. The Kier molecular flexibility index (Phi) is 5.94. The van der Waals surface area contributed by atoms with Gasteiger partial charge < -0.3 is 20.7 Å². The van der Waals surface area contributed by atoms with Crippen LogP contribution in [0.5, 0.6) is 0 Å². The number of thiophene rings is 1. The van der Waals surface area contributed by atoms with E-state index in [1.807, 2.05) is 0 Å². The van der Waals surface area contributed by atoms with Crippen LogP contribution >= 0.6 is 11.3 Å². The Balaban J connectivity index is 1.87. The minimum atomic E-state index is -4.60. The third kappa shape index (κ3) is 4.04. The number of hydrogen-bond donors (Lipinski definition) is 3. The average Bonchev–Trinajstić information content (AvgIpc) is 3.53. The summed E-state index contributed by atoms with van der Waals surface area (Å²) >= 11 is 1.22. The molecule has 3 unspecified atom stereocenters. The van der Waals surface area contributed by atoms with Gasteiger partial charge in [0, 0.05) is 23.1 Å². The van der Waals surface area contributed by atoms with E-state index in [1.54, 1.807) is 17.5 Å². The van der Waals surface area contributed by atoms with Gasteiger partial charge in [-0.2, -0.15) is 13.2 Å². The number of aromatic nitrogens is 2. The summed E-state index contributed by atoms with van der Waals surface area (Å²) < 4.78 is 39.1. The number of nitrogens with one attached hydrogen (secondary N) is 1. The maximum absolute atomic E-state index is 13.7. The van der Waals surface area contributed by atoms with Gasteiger partial charge in [0.1, 0.15) is 5.54 Å². The van der Waals surface area contributed by atoms with E-state index >= 15 is 0 Å². The lowest BCUT2D eigenvalue weighted by atomic mass is 9.86. The quantitative estimate of drug-likeness (QED) is 0.487. The van der Waals surface area contributed by atoms with Crippen molar-refractivity contribution in [2.75, 3.05) is 0 Å². The molecule has 3 aromatic rings. The van der Waals surface area contributed by atoms with Crippen LogP contribution in [0.3, 0.4) is 0 Å². The highest BCUT2D eigenvalue weighted by molar-refractivity contribution is 7.10. The fraction of sp³-hybridized carbons (Fsp3) is 0.273. The number of carbonyl (C=O) groups is 3. The topological polar surface area (TPSA) is 129 Å². The summed E-state index contributed by atoms with van der Waals surface area (Å²) in [5.74, 6) is -4.02. The molecule has 4 N–H and O–H groups in total. The molecule has 1 fully saturated rings. The molecule has 0 spiro atoms. The lowest BCUT2D eigenvalue weighted by Crippen LogP contribution is -2.55. The number of carboxylic acids is 1. The zero-order chi connectivity index (χ0) is 24.7. The van der Waals surface area contributed by atoms with Crippen molar-refractivity contribution in [3.8, 4) is 0 Å². The fourth-order valence-electron chi connectivity index (χ4n) is 4.43. The van der Waals surface area contributed by atoms with Gasteiger partial charge in [-0.05, 0) is 42.1 Å². The van der Waals surface area contributed by atoms with Crippen LogP contribution in [0.1, 0.15) is 39.0 Å². The molecule has 0 saturated carbocycles. The van der Waals surface area contributed by atoms with E-state index in [-0.39, 0.29) is 18.4 Å². The molecule has 2 amide bonds. The number of nitrogens with two attached hydrogens (primary N) is 1. The lowest BCUT2D eigenvalue weighted by Gasteiger charge is -2.37. The maximum atomic E-state index is 13.7. The maximum Gasteiger partial charge on any atom is 0.416 e. The number of hydrogen-bond acceptors (Lipinski definition) is 5. The van der Waals surface area contributed by atoms with Crippen LogP contribution in [0.4, 0.5) is 13.2 Å². The predicted octanol–water partition coefficient (Wildman–Crippen LogP) is 3.24.